The molecule has 2 aromatic heterocycles. The molecule has 4 fully saturated rings. The SMILES string of the molecule is COc1cc(-n2ncc3c(-c4cccc(-c5ccc(CN6CC7(CNC(=O)C7)C6)c(OC)n5)c4Cl)cccc32)cc(OC)c1CN1CC2(CNC(=O)C2)C1. The molecule has 2 spiro atoms. The minimum absolute atomic E-state index is 0.0372. The molecule has 0 bridgehead atoms. The van der Waals surface area contributed by atoms with Crippen molar-refractivity contribution in [3.8, 4) is 45.5 Å². The van der Waals surface area contributed by atoms with Crippen LogP contribution in [0.2, 0.25) is 5.02 Å². The molecule has 0 unspecified atom stereocenters. The van der Waals surface area contributed by atoms with Gasteiger partial charge >= 0.3 is 0 Å². The summed E-state index contributed by atoms with van der Waals surface area (Å²) >= 11 is 7.23. The molecule has 4 saturated heterocycles. The number of fused-ring (bicyclic) bond motifs is 1. The van der Waals surface area contributed by atoms with Crippen LogP contribution in [0.1, 0.15) is 24.0 Å². The highest BCUT2D eigenvalue weighted by Crippen LogP contribution is 2.43. The van der Waals surface area contributed by atoms with Crippen molar-refractivity contribution in [1.29, 1.82) is 0 Å². The maximum atomic E-state index is 11.9. The van der Waals surface area contributed by atoms with Crippen LogP contribution in [0.4, 0.5) is 0 Å². The minimum atomic E-state index is 0.0372. The summed E-state index contributed by atoms with van der Waals surface area (Å²) < 4.78 is 19.5. The molecule has 2 amide bonds. The Bertz CT molecular complexity index is 2290. The van der Waals surface area contributed by atoms with Crippen LogP contribution in [0.3, 0.4) is 0 Å². The molecular weight excluding hydrogens is 706 g/mol. The molecule has 12 nitrogen and oxygen atoms in total. The Hall–Kier alpha value is -5.17. The van der Waals surface area contributed by atoms with E-state index >= 15 is 0 Å². The third-order valence-corrected chi connectivity index (χ3v) is 12.0. The molecule has 2 N–H and O–H groups in total. The van der Waals surface area contributed by atoms with E-state index in [-0.39, 0.29) is 22.6 Å². The monoisotopic (exact) mass is 747 g/mol. The molecule has 13 heteroatoms. The van der Waals surface area contributed by atoms with Gasteiger partial charge in [0.1, 0.15) is 11.5 Å². The summed E-state index contributed by atoms with van der Waals surface area (Å²) in [6.07, 6.45) is 3.05. The van der Waals surface area contributed by atoms with Gasteiger partial charge < -0.3 is 24.8 Å². The largest absolute Gasteiger partial charge is 0.496 e. The van der Waals surface area contributed by atoms with E-state index in [4.69, 9.17) is 35.9 Å². The minimum Gasteiger partial charge on any atom is -0.496 e. The third-order valence-electron chi connectivity index (χ3n) is 11.6. The normalized spacial score (nSPS) is 18.8. The number of hydrogen-bond acceptors (Lipinski definition) is 9. The number of likely N-dealkylation sites (tertiary alicyclic amines) is 2. The maximum absolute atomic E-state index is 11.9. The van der Waals surface area contributed by atoms with E-state index in [1.165, 1.54) is 0 Å². The van der Waals surface area contributed by atoms with Gasteiger partial charge in [-0.05, 0) is 17.7 Å². The zero-order valence-electron chi connectivity index (χ0n) is 30.6. The Morgan fingerprint density at radius 3 is 1.98 bits per heavy atom. The second-order valence-corrected chi connectivity index (χ2v) is 15.7. The van der Waals surface area contributed by atoms with Crippen LogP contribution in [0.25, 0.3) is 39.0 Å². The number of amides is 2. The molecule has 0 radical (unpaired) electrons. The Balaban J connectivity index is 0.982. The van der Waals surface area contributed by atoms with Crippen LogP contribution in [0, 0.1) is 10.8 Å². The van der Waals surface area contributed by atoms with Gasteiger partial charge in [0.25, 0.3) is 0 Å². The smallest absolute Gasteiger partial charge is 0.220 e. The van der Waals surface area contributed by atoms with E-state index in [1.807, 2.05) is 59.4 Å². The number of methoxy groups -OCH3 is 3. The third kappa shape index (κ3) is 5.93. The number of benzene rings is 3. The summed E-state index contributed by atoms with van der Waals surface area (Å²) in [5, 5.41) is 12.3. The molecule has 4 aliphatic rings. The number of pyridine rings is 1. The lowest BCUT2D eigenvalue weighted by Crippen LogP contribution is -2.56. The number of ether oxygens (including phenoxy) is 3. The first-order chi connectivity index (χ1) is 26.2. The molecule has 278 valence electrons. The number of carbonyl (C=O) groups is 2. The second-order valence-electron chi connectivity index (χ2n) is 15.4. The highest BCUT2D eigenvalue weighted by Gasteiger charge is 2.49. The predicted octanol–water partition coefficient (Wildman–Crippen LogP) is 5.08. The van der Waals surface area contributed by atoms with Crippen LogP contribution < -0.4 is 24.8 Å². The first kappa shape index (κ1) is 34.6. The molecule has 0 saturated carbocycles. The molecule has 0 aliphatic carbocycles. The van der Waals surface area contributed by atoms with E-state index < -0.39 is 0 Å². The van der Waals surface area contributed by atoms with E-state index in [0.717, 1.165) is 89.4 Å². The van der Waals surface area contributed by atoms with Crippen molar-refractivity contribution in [2.24, 2.45) is 10.8 Å². The number of rotatable bonds is 10. The maximum Gasteiger partial charge on any atom is 0.220 e. The average molecular weight is 748 g/mol. The molecule has 54 heavy (non-hydrogen) atoms. The van der Waals surface area contributed by atoms with Gasteiger partial charge in [-0.2, -0.15) is 5.10 Å². The van der Waals surface area contributed by atoms with Crippen molar-refractivity contribution in [3.05, 3.63) is 83.0 Å². The summed E-state index contributed by atoms with van der Waals surface area (Å²) in [4.78, 5) is 33.2. The van der Waals surface area contributed by atoms with E-state index in [2.05, 4.69) is 32.6 Å². The zero-order chi connectivity index (χ0) is 37.2. The van der Waals surface area contributed by atoms with Gasteiger partial charge in [0, 0.05) is 110 Å². The number of hydrogen-bond donors (Lipinski definition) is 2. The van der Waals surface area contributed by atoms with Crippen molar-refractivity contribution in [2.75, 3.05) is 60.6 Å². The Morgan fingerprint density at radius 1 is 0.759 bits per heavy atom. The topological polar surface area (TPSA) is 123 Å². The van der Waals surface area contributed by atoms with E-state index in [9.17, 15) is 9.59 Å². The Kier molecular flexibility index (Phi) is 8.51. The van der Waals surface area contributed by atoms with Gasteiger partial charge in [-0.1, -0.05) is 48.0 Å². The lowest BCUT2D eigenvalue weighted by molar-refractivity contribution is -0.121. The Morgan fingerprint density at radius 2 is 1.37 bits per heavy atom. The molecule has 0 atom stereocenters. The summed E-state index contributed by atoms with van der Waals surface area (Å²) in [6, 6.07) is 20.1. The first-order valence-electron chi connectivity index (χ1n) is 18.2. The van der Waals surface area contributed by atoms with Crippen LogP contribution in [-0.4, -0.2) is 97.0 Å². The standard InChI is InChI=1S/C41H42ClN7O5/c1-52-34-12-26(13-35(53-2)31(34)18-48-23-41(24-48)15-37(51)44-20-41)49-33-9-5-6-27(30(33)16-45-49)28-7-4-8-29(38(28)42)32-11-10-25(39(46-32)54-3)17-47-21-40(22-47)14-36(50)43-19-40/h4-13,16H,14-15,17-24H2,1-3H3,(H,43,50)(H,44,51). The van der Waals surface area contributed by atoms with E-state index in [1.54, 1.807) is 21.3 Å². The van der Waals surface area contributed by atoms with Gasteiger partial charge in [-0.3, -0.25) is 19.4 Å². The summed E-state index contributed by atoms with van der Waals surface area (Å²) in [5.41, 5.74) is 7.10. The van der Waals surface area contributed by atoms with Crippen LogP contribution in [-0.2, 0) is 22.7 Å². The quantitative estimate of drug-likeness (QED) is 0.202. The predicted molar refractivity (Wildman–Crippen MR) is 205 cm³/mol. The number of halogens is 1. The lowest BCUT2D eigenvalue weighted by atomic mass is 9.79. The van der Waals surface area contributed by atoms with Crippen molar-refractivity contribution < 1.29 is 23.8 Å². The fourth-order valence-corrected chi connectivity index (χ4v) is 9.36. The molecule has 6 heterocycles. The second kappa shape index (κ2) is 13.3. The highest BCUT2D eigenvalue weighted by atomic mass is 35.5. The summed E-state index contributed by atoms with van der Waals surface area (Å²) in [5.74, 6) is 2.27. The number of nitrogens with zero attached hydrogens (tertiary/aromatic N) is 5. The molecule has 3 aromatic carbocycles. The van der Waals surface area contributed by atoms with Crippen LogP contribution in [0.15, 0.2) is 66.9 Å². The van der Waals surface area contributed by atoms with Crippen LogP contribution in [0.5, 0.6) is 17.4 Å². The van der Waals surface area contributed by atoms with Crippen LogP contribution >= 0.6 is 11.6 Å². The number of nitrogens with one attached hydrogen (secondary N) is 2. The highest BCUT2D eigenvalue weighted by molar-refractivity contribution is 6.36. The molecule has 5 aromatic rings. The molecule has 9 rings (SSSR count). The van der Waals surface area contributed by atoms with Gasteiger partial charge in [0.05, 0.1) is 55.0 Å². The molecule has 4 aliphatic heterocycles. The zero-order valence-corrected chi connectivity index (χ0v) is 31.3. The van der Waals surface area contributed by atoms with Gasteiger partial charge in [-0.25, -0.2) is 9.67 Å². The van der Waals surface area contributed by atoms with Crippen molar-refractivity contribution in [1.82, 2.24) is 35.2 Å². The van der Waals surface area contributed by atoms with Crippen molar-refractivity contribution >= 4 is 34.3 Å². The van der Waals surface area contributed by atoms with Gasteiger partial charge in [0.2, 0.25) is 17.7 Å². The lowest BCUT2D eigenvalue weighted by Gasteiger charge is -2.47. The van der Waals surface area contributed by atoms with Gasteiger partial charge in [0.15, 0.2) is 0 Å². The van der Waals surface area contributed by atoms with Crippen molar-refractivity contribution in [3.63, 3.8) is 0 Å². The number of carbonyl (C=O) groups excluding carboxylic acids is 2. The fourth-order valence-electron chi connectivity index (χ4n) is 9.04. The average Bonchev–Trinajstić information content (AvgIpc) is 3.88. The Labute approximate surface area is 318 Å². The summed E-state index contributed by atoms with van der Waals surface area (Å²) in [7, 11) is 4.98. The number of aromatic nitrogens is 3. The van der Waals surface area contributed by atoms with Crippen molar-refractivity contribution in [2.45, 2.75) is 25.9 Å². The first-order valence-corrected chi connectivity index (χ1v) is 18.6. The van der Waals surface area contributed by atoms with Gasteiger partial charge in [-0.15, -0.1) is 0 Å². The molecular formula is C41H42ClN7O5. The summed E-state index contributed by atoms with van der Waals surface area (Å²) in [6.45, 7) is 6.31. The van der Waals surface area contributed by atoms with E-state index in [0.29, 0.717) is 48.3 Å². The fraction of sp³-hybridized carbons (Fsp3) is 0.366.